The largest absolute Gasteiger partial charge is 0.361 e. The molecule has 0 radical (unpaired) electrons. The van der Waals surface area contributed by atoms with Crippen molar-refractivity contribution in [3.05, 3.63) is 53.2 Å². The number of thioether (sulfide) groups is 1. The van der Waals surface area contributed by atoms with Crippen LogP contribution in [0.25, 0.3) is 21.9 Å². The quantitative estimate of drug-likeness (QED) is 0.249. The van der Waals surface area contributed by atoms with Crippen LogP contribution in [-0.4, -0.2) is 62.0 Å². The minimum absolute atomic E-state index is 0.215. The Balaban J connectivity index is 1.37. The molecule has 0 unspecified atom stereocenters. The maximum Gasteiger partial charge on any atom is 0.254 e. The second kappa shape index (κ2) is 11.0. The lowest BCUT2D eigenvalue weighted by Gasteiger charge is -2.37. The molecule has 39 heavy (non-hydrogen) atoms. The lowest BCUT2D eigenvalue weighted by Crippen LogP contribution is -2.63. The first kappa shape index (κ1) is 27.1. The van der Waals surface area contributed by atoms with E-state index in [0.717, 1.165) is 38.1 Å². The Labute approximate surface area is 230 Å². The summed E-state index contributed by atoms with van der Waals surface area (Å²) >= 11 is 1.60. The lowest BCUT2D eigenvalue weighted by molar-refractivity contribution is -0.128. The summed E-state index contributed by atoms with van der Waals surface area (Å²) in [4.78, 5) is 35.9. The van der Waals surface area contributed by atoms with Crippen molar-refractivity contribution >= 4 is 45.5 Å². The van der Waals surface area contributed by atoms with Gasteiger partial charge in [-0.1, -0.05) is 13.8 Å². The van der Waals surface area contributed by atoms with Crippen LogP contribution in [0.1, 0.15) is 48.3 Å². The molecule has 0 aliphatic carbocycles. The molecule has 3 aromatic heterocycles. The van der Waals surface area contributed by atoms with Crippen LogP contribution in [-0.2, 0) is 18.3 Å². The fourth-order valence-corrected chi connectivity index (χ4v) is 6.38. The molecular formula is C28H34FN7O2S. The number of hydrogen-bond acceptors (Lipinski definition) is 6. The van der Waals surface area contributed by atoms with Gasteiger partial charge in [0.05, 0.1) is 16.6 Å². The minimum atomic E-state index is -1.05. The summed E-state index contributed by atoms with van der Waals surface area (Å²) in [7, 11) is 1.84. The van der Waals surface area contributed by atoms with Crippen molar-refractivity contribution in [3.63, 3.8) is 0 Å². The Bertz CT molecular complexity index is 1540. The molecule has 5 rings (SSSR count). The molecule has 4 N–H and O–H groups in total. The number of nitrogens with zero attached hydrogens (tertiary/aromatic N) is 3. The number of H-pyrrole nitrogens is 1. The second-order valence-electron chi connectivity index (χ2n) is 10.4. The van der Waals surface area contributed by atoms with Gasteiger partial charge in [-0.2, -0.15) is 5.10 Å². The molecule has 0 atom stereocenters. The number of aryl methyl sites for hydroxylation is 2. The van der Waals surface area contributed by atoms with E-state index in [1.54, 1.807) is 28.7 Å². The Morgan fingerprint density at radius 3 is 2.77 bits per heavy atom. The maximum absolute atomic E-state index is 13.8. The van der Waals surface area contributed by atoms with Crippen molar-refractivity contribution < 1.29 is 14.0 Å². The highest BCUT2D eigenvalue weighted by Gasteiger charge is 2.41. The zero-order valence-corrected chi connectivity index (χ0v) is 23.5. The number of rotatable bonds is 8. The van der Waals surface area contributed by atoms with E-state index in [-0.39, 0.29) is 22.9 Å². The summed E-state index contributed by atoms with van der Waals surface area (Å²) in [6.45, 7) is 7.66. The number of fused-ring (bicyclic) bond motifs is 2. The maximum atomic E-state index is 13.8. The average molecular weight is 552 g/mol. The summed E-state index contributed by atoms with van der Waals surface area (Å²) in [5.41, 5.74) is 2.71. The van der Waals surface area contributed by atoms with Crippen LogP contribution in [0.2, 0.25) is 0 Å². The molecule has 0 spiro atoms. The highest BCUT2D eigenvalue weighted by atomic mass is 32.2. The molecule has 0 saturated carbocycles. The Morgan fingerprint density at radius 2 is 2.03 bits per heavy atom. The van der Waals surface area contributed by atoms with Gasteiger partial charge in [0.15, 0.2) is 5.65 Å². The highest BCUT2D eigenvalue weighted by molar-refractivity contribution is 8.00. The Morgan fingerprint density at radius 1 is 1.26 bits per heavy atom. The smallest absolute Gasteiger partial charge is 0.254 e. The van der Waals surface area contributed by atoms with Crippen molar-refractivity contribution in [2.75, 3.05) is 19.6 Å². The molecule has 9 nitrogen and oxygen atoms in total. The van der Waals surface area contributed by atoms with Gasteiger partial charge >= 0.3 is 0 Å². The molecule has 4 heterocycles. The number of amides is 2. The fourth-order valence-electron chi connectivity index (χ4n) is 5.28. The number of carbonyl (C=O) groups excluding carboxylic acids is 2. The summed E-state index contributed by atoms with van der Waals surface area (Å²) < 4.78 is 15.5. The first-order valence-electron chi connectivity index (χ1n) is 13.2. The van der Waals surface area contributed by atoms with Crippen LogP contribution in [0.5, 0.6) is 0 Å². The zero-order valence-electron chi connectivity index (χ0n) is 22.7. The monoisotopic (exact) mass is 551 g/mol. The van der Waals surface area contributed by atoms with Gasteiger partial charge in [-0.25, -0.2) is 9.37 Å². The van der Waals surface area contributed by atoms with E-state index in [4.69, 9.17) is 0 Å². The number of aromatic nitrogens is 4. The van der Waals surface area contributed by atoms with Gasteiger partial charge < -0.3 is 20.9 Å². The number of nitrogens with one attached hydrogen (secondary N) is 4. The number of benzene rings is 1. The Kier molecular flexibility index (Phi) is 7.64. The number of pyridine rings is 1. The predicted molar refractivity (Wildman–Crippen MR) is 152 cm³/mol. The minimum Gasteiger partial charge on any atom is -0.361 e. The van der Waals surface area contributed by atoms with E-state index in [2.05, 4.69) is 44.9 Å². The van der Waals surface area contributed by atoms with Gasteiger partial charge in [0.25, 0.3) is 5.91 Å². The molecule has 1 aliphatic heterocycles. The fraction of sp³-hybridized carbons (Fsp3) is 0.429. The van der Waals surface area contributed by atoms with Gasteiger partial charge in [0.2, 0.25) is 5.91 Å². The molecule has 1 fully saturated rings. The number of hydrogen-bond donors (Lipinski definition) is 4. The van der Waals surface area contributed by atoms with Crippen LogP contribution in [0, 0.1) is 12.7 Å². The molecule has 2 amide bonds. The van der Waals surface area contributed by atoms with E-state index < -0.39 is 5.54 Å². The lowest BCUT2D eigenvalue weighted by atomic mass is 9.86. The normalized spacial score (nSPS) is 15.2. The first-order valence-corrected chi connectivity index (χ1v) is 14.1. The SMILES string of the molecule is Cc1nn(C)c2ncc(C(=O)NC3(C(=O)NCCc4c[nH]c5ccc(F)cc45)CCNCC3)c(SC(C)C)c12. The first-order chi connectivity index (χ1) is 18.7. The Hall–Kier alpha value is -3.44. The van der Waals surface area contributed by atoms with Crippen molar-refractivity contribution in [3.8, 4) is 0 Å². The molecule has 1 aliphatic rings. The second-order valence-corrected chi connectivity index (χ2v) is 12.0. The predicted octanol–water partition coefficient (Wildman–Crippen LogP) is 3.61. The number of carbonyl (C=O) groups is 2. The van der Waals surface area contributed by atoms with Crippen molar-refractivity contribution in [2.45, 2.75) is 55.7 Å². The molecule has 1 saturated heterocycles. The van der Waals surface area contributed by atoms with Crippen LogP contribution < -0.4 is 16.0 Å². The van der Waals surface area contributed by atoms with Gasteiger partial charge in [0, 0.05) is 47.0 Å². The van der Waals surface area contributed by atoms with Gasteiger partial charge in [0.1, 0.15) is 11.4 Å². The van der Waals surface area contributed by atoms with E-state index in [0.29, 0.717) is 44.5 Å². The molecule has 206 valence electrons. The summed E-state index contributed by atoms with van der Waals surface area (Å²) in [6.07, 6.45) is 4.91. The number of aromatic amines is 1. The topological polar surface area (TPSA) is 117 Å². The van der Waals surface area contributed by atoms with E-state index >= 15 is 0 Å². The molecule has 11 heteroatoms. The third-order valence-electron chi connectivity index (χ3n) is 7.23. The van der Waals surface area contributed by atoms with Crippen molar-refractivity contribution in [2.24, 2.45) is 7.05 Å². The summed E-state index contributed by atoms with van der Waals surface area (Å²) in [5, 5.41) is 15.8. The third-order valence-corrected chi connectivity index (χ3v) is 8.36. The summed E-state index contributed by atoms with van der Waals surface area (Å²) in [5.74, 6) is -0.833. The third kappa shape index (κ3) is 5.38. The van der Waals surface area contributed by atoms with Gasteiger partial charge in [-0.3, -0.25) is 14.3 Å². The number of piperidine rings is 1. The van der Waals surface area contributed by atoms with Gasteiger partial charge in [-0.15, -0.1) is 11.8 Å². The molecule has 4 aromatic rings. The highest BCUT2D eigenvalue weighted by Crippen LogP contribution is 2.35. The van der Waals surface area contributed by atoms with E-state index in [1.165, 1.54) is 12.1 Å². The van der Waals surface area contributed by atoms with E-state index in [1.807, 2.05) is 20.2 Å². The van der Waals surface area contributed by atoms with Crippen LogP contribution in [0.3, 0.4) is 0 Å². The average Bonchev–Trinajstić information content (AvgIpc) is 3.43. The van der Waals surface area contributed by atoms with Crippen molar-refractivity contribution in [1.82, 2.24) is 35.7 Å². The standard InChI is InChI=1S/C28H34FN7O2S/c1-16(2)39-24-21(15-33-25-23(24)17(3)35-36(25)4)26(37)34-28(8-11-30-12-9-28)27(38)31-10-7-18-14-32-22-6-5-19(29)13-20(18)22/h5-6,13-16,30,32H,7-12H2,1-4H3,(H,31,38)(H,34,37). The molecular weight excluding hydrogens is 517 g/mol. The van der Waals surface area contributed by atoms with Crippen LogP contribution >= 0.6 is 11.8 Å². The van der Waals surface area contributed by atoms with Crippen LogP contribution in [0.4, 0.5) is 4.39 Å². The van der Waals surface area contributed by atoms with E-state index in [9.17, 15) is 14.0 Å². The van der Waals surface area contributed by atoms with Crippen LogP contribution in [0.15, 0.2) is 35.5 Å². The zero-order chi connectivity index (χ0) is 27.7. The molecule has 1 aromatic carbocycles. The molecule has 0 bridgehead atoms. The number of halogens is 1. The van der Waals surface area contributed by atoms with Crippen molar-refractivity contribution in [1.29, 1.82) is 0 Å². The van der Waals surface area contributed by atoms with Gasteiger partial charge in [-0.05, 0) is 63.0 Å². The summed E-state index contributed by atoms with van der Waals surface area (Å²) in [6, 6.07) is 4.62.